The van der Waals surface area contributed by atoms with Crippen LogP contribution in [0.5, 0.6) is 5.75 Å². The number of benzene rings is 1. The van der Waals surface area contributed by atoms with Crippen molar-refractivity contribution in [2.24, 2.45) is 0 Å². The summed E-state index contributed by atoms with van der Waals surface area (Å²) in [6.07, 6.45) is -4.70. The summed E-state index contributed by atoms with van der Waals surface area (Å²) in [7, 11) is 0. The van der Waals surface area contributed by atoms with Gasteiger partial charge in [0.05, 0.1) is 0 Å². The van der Waals surface area contributed by atoms with Crippen LogP contribution in [0.25, 0.3) is 0 Å². The minimum atomic E-state index is -4.70. The lowest BCUT2D eigenvalue weighted by molar-refractivity contribution is -0.274. The molecule has 1 nitrogen and oxygen atoms in total. The van der Waals surface area contributed by atoms with Crippen molar-refractivity contribution in [1.29, 1.82) is 0 Å². The highest BCUT2D eigenvalue weighted by Crippen LogP contribution is 2.29. The maximum atomic E-state index is 11.8. The third-order valence-electron chi connectivity index (χ3n) is 1.34. The molecule has 0 fully saturated rings. The Morgan fingerprint density at radius 3 is 2.36 bits per heavy atom. The molecule has 1 rings (SSSR count). The maximum Gasteiger partial charge on any atom is 0.573 e. The van der Waals surface area contributed by atoms with Crippen molar-refractivity contribution >= 4 is 23.2 Å². The molecule has 1 aromatic carbocycles. The monoisotopic (exact) mass is 244 g/mol. The van der Waals surface area contributed by atoms with E-state index in [-0.39, 0.29) is 5.75 Å². The van der Waals surface area contributed by atoms with Gasteiger partial charge in [-0.25, -0.2) is 0 Å². The minimum absolute atomic E-state index is 0.332. The zero-order valence-corrected chi connectivity index (χ0v) is 8.20. The average molecular weight is 245 g/mol. The molecule has 0 bridgehead atoms. The fourth-order valence-electron chi connectivity index (χ4n) is 0.847. The lowest BCUT2D eigenvalue weighted by Crippen LogP contribution is -2.17. The third-order valence-corrected chi connectivity index (χ3v) is 1.85. The second-order valence-electron chi connectivity index (χ2n) is 2.42. The largest absolute Gasteiger partial charge is 0.573 e. The Balaban J connectivity index is 2.84. The van der Waals surface area contributed by atoms with E-state index in [1.165, 1.54) is 18.2 Å². The Labute approximate surface area is 88.4 Å². The van der Waals surface area contributed by atoms with Gasteiger partial charge in [0.2, 0.25) is 0 Å². The standard InChI is InChI=1S/C8H5Cl2F3O/c9-7(10)5-2-1-3-6(4-5)14-8(11,12)13/h1-4,7H. The van der Waals surface area contributed by atoms with Crippen LogP contribution >= 0.6 is 23.2 Å². The highest BCUT2D eigenvalue weighted by Gasteiger charge is 2.31. The Morgan fingerprint density at radius 1 is 1.21 bits per heavy atom. The molecule has 0 aliphatic carbocycles. The first-order chi connectivity index (χ1) is 6.38. The Bertz CT molecular complexity index is 312. The normalized spacial score (nSPS) is 11.9. The minimum Gasteiger partial charge on any atom is -0.406 e. The molecule has 0 atom stereocenters. The topological polar surface area (TPSA) is 9.23 Å². The van der Waals surface area contributed by atoms with Crippen LogP contribution in [0.1, 0.15) is 10.4 Å². The number of hydrogen-bond donors (Lipinski definition) is 0. The smallest absolute Gasteiger partial charge is 0.406 e. The first kappa shape index (κ1) is 11.5. The number of rotatable bonds is 2. The van der Waals surface area contributed by atoms with E-state index in [1.807, 2.05) is 0 Å². The number of halogens is 5. The van der Waals surface area contributed by atoms with E-state index in [9.17, 15) is 13.2 Å². The molecule has 0 amide bonds. The lowest BCUT2D eigenvalue weighted by atomic mass is 10.2. The van der Waals surface area contributed by atoms with E-state index in [0.717, 1.165) is 6.07 Å². The average Bonchev–Trinajstić information content (AvgIpc) is 2.01. The fourth-order valence-corrected chi connectivity index (χ4v) is 1.12. The fraction of sp³-hybridized carbons (Fsp3) is 0.250. The molecular weight excluding hydrogens is 240 g/mol. The molecule has 6 heteroatoms. The van der Waals surface area contributed by atoms with Crippen molar-refractivity contribution in [2.45, 2.75) is 11.2 Å². The zero-order valence-electron chi connectivity index (χ0n) is 6.68. The Morgan fingerprint density at radius 2 is 1.86 bits per heavy atom. The molecule has 0 N–H and O–H groups in total. The summed E-state index contributed by atoms with van der Waals surface area (Å²) in [5.41, 5.74) is 0.357. The summed E-state index contributed by atoms with van der Waals surface area (Å²) >= 11 is 10.9. The Hall–Kier alpha value is -0.610. The van der Waals surface area contributed by atoms with Gasteiger partial charge in [-0.3, -0.25) is 0 Å². The van der Waals surface area contributed by atoms with Gasteiger partial charge in [0.1, 0.15) is 10.6 Å². The van der Waals surface area contributed by atoms with Gasteiger partial charge in [-0.15, -0.1) is 36.4 Å². The van der Waals surface area contributed by atoms with Crippen molar-refractivity contribution in [2.75, 3.05) is 0 Å². The van der Waals surface area contributed by atoms with Crippen LogP contribution in [0, 0.1) is 0 Å². The molecule has 0 unspecified atom stereocenters. The summed E-state index contributed by atoms with van der Waals surface area (Å²) < 4.78 is 39.0. The van der Waals surface area contributed by atoms with Gasteiger partial charge in [-0.1, -0.05) is 12.1 Å². The van der Waals surface area contributed by atoms with E-state index >= 15 is 0 Å². The van der Waals surface area contributed by atoms with Gasteiger partial charge >= 0.3 is 6.36 Å². The van der Waals surface area contributed by atoms with Crippen LogP contribution in [-0.2, 0) is 0 Å². The van der Waals surface area contributed by atoms with Gasteiger partial charge in [0.25, 0.3) is 0 Å². The van der Waals surface area contributed by atoms with Crippen molar-refractivity contribution in [1.82, 2.24) is 0 Å². The van der Waals surface area contributed by atoms with Crippen LogP contribution in [0.2, 0.25) is 0 Å². The lowest BCUT2D eigenvalue weighted by Gasteiger charge is -2.10. The van der Waals surface area contributed by atoms with Crippen molar-refractivity contribution < 1.29 is 17.9 Å². The van der Waals surface area contributed by atoms with E-state index in [2.05, 4.69) is 4.74 Å². The van der Waals surface area contributed by atoms with Gasteiger partial charge < -0.3 is 4.74 Å². The van der Waals surface area contributed by atoms with Crippen LogP contribution in [-0.4, -0.2) is 6.36 Å². The SMILES string of the molecule is FC(F)(F)Oc1cccc(C(Cl)Cl)c1. The molecule has 0 saturated carbocycles. The summed E-state index contributed by atoms with van der Waals surface area (Å²) in [6.45, 7) is 0. The summed E-state index contributed by atoms with van der Waals surface area (Å²) in [5, 5.41) is 0. The molecule has 0 aliphatic rings. The third kappa shape index (κ3) is 3.64. The van der Waals surface area contributed by atoms with Gasteiger partial charge in [-0.2, -0.15) is 0 Å². The van der Waals surface area contributed by atoms with Crippen molar-refractivity contribution in [3.8, 4) is 5.75 Å². The van der Waals surface area contributed by atoms with E-state index in [0.29, 0.717) is 5.56 Å². The Kier molecular flexibility index (Phi) is 3.50. The molecular formula is C8H5Cl2F3O. The number of hydrogen-bond acceptors (Lipinski definition) is 1. The molecule has 0 aromatic heterocycles. The molecule has 0 radical (unpaired) electrons. The molecule has 0 saturated heterocycles. The molecule has 0 heterocycles. The van der Waals surface area contributed by atoms with Crippen LogP contribution in [0.3, 0.4) is 0 Å². The van der Waals surface area contributed by atoms with E-state index < -0.39 is 11.2 Å². The predicted molar refractivity (Wildman–Crippen MR) is 47.6 cm³/mol. The first-order valence-corrected chi connectivity index (χ1v) is 4.39. The second kappa shape index (κ2) is 4.28. The second-order valence-corrected chi connectivity index (χ2v) is 3.52. The number of ether oxygens (including phenoxy) is 1. The van der Waals surface area contributed by atoms with Gasteiger partial charge in [-0.05, 0) is 17.7 Å². The van der Waals surface area contributed by atoms with E-state index in [4.69, 9.17) is 23.2 Å². The summed E-state index contributed by atoms with van der Waals surface area (Å²) in [4.78, 5) is -0.869. The molecule has 14 heavy (non-hydrogen) atoms. The number of alkyl halides is 5. The first-order valence-electron chi connectivity index (χ1n) is 3.52. The van der Waals surface area contributed by atoms with Crippen molar-refractivity contribution in [3.63, 3.8) is 0 Å². The molecule has 1 aromatic rings. The van der Waals surface area contributed by atoms with Gasteiger partial charge in [0.15, 0.2) is 0 Å². The highest BCUT2D eigenvalue weighted by atomic mass is 35.5. The van der Waals surface area contributed by atoms with Crippen LogP contribution in [0.15, 0.2) is 24.3 Å². The van der Waals surface area contributed by atoms with Crippen molar-refractivity contribution in [3.05, 3.63) is 29.8 Å². The predicted octanol–water partition coefficient (Wildman–Crippen LogP) is 4.06. The molecule has 0 spiro atoms. The highest BCUT2D eigenvalue weighted by molar-refractivity contribution is 6.44. The quantitative estimate of drug-likeness (QED) is 0.714. The van der Waals surface area contributed by atoms with Crippen LogP contribution < -0.4 is 4.74 Å². The summed E-state index contributed by atoms with van der Waals surface area (Å²) in [5.74, 6) is -0.332. The molecule has 0 aliphatic heterocycles. The maximum absolute atomic E-state index is 11.8. The molecule has 78 valence electrons. The zero-order chi connectivity index (χ0) is 10.8. The van der Waals surface area contributed by atoms with E-state index in [1.54, 1.807) is 0 Å². The van der Waals surface area contributed by atoms with Crippen LogP contribution in [0.4, 0.5) is 13.2 Å². The van der Waals surface area contributed by atoms with Gasteiger partial charge in [0, 0.05) is 0 Å². The summed E-state index contributed by atoms with van der Waals surface area (Å²) in [6, 6.07) is 5.20.